The van der Waals surface area contributed by atoms with Crippen molar-refractivity contribution in [3.05, 3.63) is 48.0 Å². The molecular weight excluding hydrogens is 287 g/mol. The molecule has 0 amide bonds. The van der Waals surface area contributed by atoms with Crippen LogP contribution in [-0.4, -0.2) is 19.3 Å². The second-order valence-electron chi connectivity index (χ2n) is 4.48. The van der Waals surface area contributed by atoms with E-state index in [0.29, 0.717) is 13.2 Å². The van der Waals surface area contributed by atoms with Crippen molar-refractivity contribution in [3.8, 4) is 0 Å². The molecule has 0 N–H and O–H groups in total. The van der Waals surface area contributed by atoms with Crippen LogP contribution in [0.25, 0.3) is 0 Å². The van der Waals surface area contributed by atoms with Gasteiger partial charge in [0.25, 0.3) is 0 Å². The average Bonchev–Trinajstić information content (AvgIpc) is 2.46. The summed E-state index contributed by atoms with van der Waals surface area (Å²) in [6.45, 7) is 6.02. The Morgan fingerprint density at radius 1 is 1.14 bits per heavy atom. The quantitative estimate of drug-likeness (QED) is 0.461. The standard InChI is InChI=1S/C16H25O4P/c1-4-10-16(14-13-15-11-8-7-9-12-15)20-21(17,18-5-2)19-6-3/h4,7-12,16H,5-6,13-14H2,1-3H3/b10-4-. The zero-order chi connectivity index (χ0) is 15.6. The first-order chi connectivity index (χ1) is 10.1. The third-order valence-corrected chi connectivity index (χ3v) is 4.48. The normalized spacial score (nSPS) is 13.7. The van der Waals surface area contributed by atoms with Gasteiger partial charge in [-0.25, -0.2) is 4.57 Å². The highest BCUT2D eigenvalue weighted by Gasteiger charge is 2.28. The molecule has 0 saturated carbocycles. The van der Waals surface area contributed by atoms with Gasteiger partial charge >= 0.3 is 7.82 Å². The second-order valence-corrected chi connectivity index (χ2v) is 6.10. The molecule has 0 aliphatic carbocycles. The molecular formula is C16H25O4P. The first kappa shape index (κ1) is 18.1. The van der Waals surface area contributed by atoms with E-state index in [0.717, 1.165) is 12.8 Å². The Labute approximate surface area is 127 Å². The van der Waals surface area contributed by atoms with Crippen LogP contribution in [0.2, 0.25) is 0 Å². The van der Waals surface area contributed by atoms with Gasteiger partial charge in [0, 0.05) is 0 Å². The number of hydrogen-bond donors (Lipinski definition) is 0. The highest BCUT2D eigenvalue weighted by atomic mass is 31.2. The van der Waals surface area contributed by atoms with Gasteiger partial charge < -0.3 is 0 Å². The smallest absolute Gasteiger partial charge is 0.287 e. The molecule has 4 nitrogen and oxygen atoms in total. The highest BCUT2D eigenvalue weighted by molar-refractivity contribution is 7.48. The molecule has 0 radical (unpaired) electrons. The Morgan fingerprint density at radius 2 is 1.76 bits per heavy atom. The molecule has 0 saturated heterocycles. The summed E-state index contributed by atoms with van der Waals surface area (Å²) in [4.78, 5) is 0. The van der Waals surface area contributed by atoms with Gasteiger partial charge in [-0.3, -0.25) is 13.6 Å². The van der Waals surface area contributed by atoms with E-state index < -0.39 is 7.82 Å². The van der Waals surface area contributed by atoms with Gasteiger partial charge in [0.2, 0.25) is 0 Å². The maximum Gasteiger partial charge on any atom is 0.475 e. The van der Waals surface area contributed by atoms with Crippen molar-refractivity contribution < 1.29 is 18.1 Å². The third-order valence-electron chi connectivity index (χ3n) is 2.81. The molecule has 0 aromatic heterocycles. The minimum absolute atomic E-state index is 0.290. The number of hydrogen-bond acceptors (Lipinski definition) is 4. The van der Waals surface area contributed by atoms with Crippen LogP contribution in [0.1, 0.15) is 32.8 Å². The molecule has 1 atom stereocenters. The summed E-state index contributed by atoms with van der Waals surface area (Å²) in [5, 5.41) is 0. The first-order valence-corrected chi connectivity index (χ1v) is 8.83. The van der Waals surface area contributed by atoms with Gasteiger partial charge in [0.15, 0.2) is 0 Å². The van der Waals surface area contributed by atoms with Crippen molar-refractivity contribution in [2.45, 2.75) is 39.7 Å². The molecule has 118 valence electrons. The summed E-state index contributed by atoms with van der Waals surface area (Å²) in [6.07, 6.45) is 5.04. The number of allylic oxidation sites excluding steroid dienone is 1. The third kappa shape index (κ3) is 7.05. The van der Waals surface area contributed by atoms with Crippen molar-refractivity contribution in [2.75, 3.05) is 13.2 Å². The van der Waals surface area contributed by atoms with E-state index in [2.05, 4.69) is 12.1 Å². The molecule has 0 fully saturated rings. The van der Waals surface area contributed by atoms with E-state index in [1.165, 1.54) is 5.56 Å². The molecule has 1 aromatic carbocycles. The van der Waals surface area contributed by atoms with E-state index >= 15 is 0 Å². The fourth-order valence-corrected chi connectivity index (χ4v) is 3.27. The van der Waals surface area contributed by atoms with Crippen LogP contribution in [0, 0.1) is 0 Å². The number of rotatable bonds is 10. The lowest BCUT2D eigenvalue weighted by atomic mass is 10.1. The predicted molar refractivity (Wildman–Crippen MR) is 85.3 cm³/mol. The summed E-state index contributed by atoms with van der Waals surface area (Å²) < 4.78 is 28.4. The van der Waals surface area contributed by atoms with Gasteiger partial charge in [-0.2, -0.15) is 0 Å². The van der Waals surface area contributed by atoms with Gasteiger partial charge in [0.1, 0.15) is 0 Å². The Kier molecular flexibility index (Phi) is 8.55. The fourth-order valence-electron chi connectivity index (χ4n) is 1.93. The monoisotopic (exact) mass is 312 g/mol. The van der Waals surface area contributed by atoms with Crippen LogP contribution in [-0.2, 0) is 24.6 Å². The van der Waals surface area contributed by atoms with E-state index in [-0.39, 0.29) is 6.10 Å². The lowest BCUT2D eigenvalue weighted by Gasteiger charge is -2.21. The number of phosphoric acid groups is 1. The fraction of sp³-hybridized carbons (Fsp3) is 0.500. The van der Waals surface area contributed by atoms with Gasteiger partial charge in [-0.05, 0) is 39.2 Å². The summed E-state index contributed by atoms with van der Waals surface area (Å²) in [6, 6.07) is 10.1. The molecule has 0 heterocycles. The molecule has 0 aliphatic heterocycles. The molecule has 1 aromatic rings. The molecule has 21 heavy (non-hydrogen) atoms. The maximum absolute atomic E-state index is 12.4. The van der Waals surface area contributed by atoms with E-state index in [1.54, 1.807) is 13.8 Å². The largest absolute Gasteiger partial charge is 0.475 e. The molecule has 0 bridgehead atoms. The van der Waals surface area contributed by atoms with Gasteiger partial charge in [-0.1, -0.05) is 42.5 Å². The minimum Gasteiger partial charge on any atom is -0.287 e. The summed E-state index contributed by atoms with van der Waals surface area (Å²) in [7, 11) is -3.48. The summed E-state index contributed by atoms with van der Waals surface area (Å²) >= 11 is 0. The zero-order valence-corrected chi connectivity index (χ0v) is 13.9. The summed E-state index contributed by atoms with van der Waals surface area (Å²) in [5.74, 6) is 0. The van der Waals surface area contributed by atoms with Crippen molar-refractivity contribution in [1.29, 1.82) is 0 Å². The Hall–Kier alpha value is -0.930. The number of aryl methyl sites for hydroxylation is 1. The lowest BCUT2D eigenvalue weighted by Crippen LogP contribution is -2.12. The second kappa shape index (κ2) is 9.91. The lowest BCUT2D eigenvalue weighted by molar-refractivity contribution is 0.0977. The number of phosphoric ester groups is 1. The maximum atomic E-state index is 12.4. The molecule has 0 spiro atoms. The topological polar surface area (TPSA) is 44.8 Å². The van der Waals surface area contributed by atoms with Gasteiger partial charge in [0.05, 0.1) is 19.3 Å². The van der Waals surface area contributed by atoms with Gasteiger partial charge in [-0.15, -0.1) is 0 Å². The Bertz CT molecular complexity index is 449. The molecule has 5 heteroatoms. The van der Waals surface area contributed by atoms with Crippen molar-refractivity contribution >= 4 is 7.82 Å². The van der Waals surface area contributed by atoms with Crippen LogP contribution in [0.5, 0.6) is 0 Å². The average molecular weight is 312 g/mol. The van der Waals surface area contributed by atoms with Crippen molar-refractivity contribution in [3.63, 3.8) is 0 Å². The van der Waals surface area contributed by atoms with E-state index in [9.17, 15) is 4.57 Å². The van der Waals surface area contributed by atoms with E-state index in [4.69, 9.17) is 13.6 Å². The van der Waals surface area contributed by atoms with Crippen LogP contribution >= 0.6 is 7.82 Å². The van der Waals surface area contributed by atoms with Crippen molar-refractivity contribution in [2.24, 2.45) is 0 Å². The van der Waals surface area contributed by atoms with Crippen LogP contribution in [0.4, 0.5) is 0 Å². The van der Waals surface area contributed by atoms with E-state index in [1.807, 2.05) is 37.3 Å². The Balaban J connectivity index is 2.65. The van der Waals surface area contributed by atoms with Crippen molar-refractivity contribution in [1.82, 2.24) is 0 Å². The molecule has 1 rings (SSSR count). The molecule has 0 aliphatic rings. The van der Waals surface area contributed by atoms with Crippen LogP contribution in [0.3, 0.4) is 0 Å². The Morgan fingerprint density at radius 3 is 2.29 bits per heavy atom. The van der Waals surface area contributed by atoms with Crippen LogP contribution < -0.4 is 0 Å². The van der Waals surface area contributed by atoms with Crippen LogP contribution in [0.15, 0.2) is 42.5 Å². The minimum atomic E-state index is -3.48. The molecule has 1 unspecified atom stereocenters. The zero-order valence-electron chi connectivity index (χ0n) is 13.0. The highest BCUT2D eigenvalue weighted by Crippen LogP contribution is 2.50. The number of benzene rings is 1. The first-order valence-electron chi connectivity index (χ1n) is 7.37. The summed E-state index contributed by atoms with van der Waals surface area (Å²) in [5.41, 5.74) is 1.22. The predicted octanol–water partition coefficient (Wildman–Crippen LogP) is 4.76. The SMILES string of the molecule is C/C=C\C(CCc1ccccc1)OP(=O)(OCC)OCC.